The van der Waals surface area contributed by atoms with Crippen LogP contribution in [0.15, 0.2) is 24.4 Å². The fourth-order valence-corrected chi connectivity index (χ4v) is 1.90. The van der Waals surface area contributed by atoms with Crippen molar-refractivity contribution in [2.75, 3.05) is 11.1 Å². The summed E-state index contributed by atoms with van der Waals surface area (Å²) in [7, 11) is 0. The summed E-state index contributed by atoms with van der Waals surface area (Å²) in [4.78, 5) is 6.98. The number of nitrogens with two attached hydrogens (primary N) is 1. The molecule has 1 aromatic carbocycles. The zero-order valence-electron chi connectivity index (χ0n) is 11.0. The molecular formula is C13H15F3N4. The third kappa shape index (κ3) is 3.23. The highest BCUT2D eigenvalue weighted by molar-refractivity contribution is 5.48. The van der Waals surface area contributed by atoms with Gasteiger partial charge in [0.1, 0.15) is 11.6 Å². The lowest BCUT2D eigenvalue weighted by Crippen LogP contribution is -2.11. The first-order chi connectivity index (χ1) is 9.25. The molecule has 2 aromatic rings. The van der Waals surface area contributed by atoms with E-state index in [0.29, 0.717) is 11.4 Å². The normalized spacial score (nSPS) is 13.2. The molecule has 0 spiro atoms. The van der Waals surface area contributed by atoms with Crippen molar-refractivity contribution in [1.82, 2.24) is 9.97 Å². The second-order valence-corrected chi connectivity index (χ2v) is 4.63. The van der Waals surface area contributed by atoms with Crippen molar-refractivity contribution in [2.45, 2.75) is 26.1 Å². The average molecular weight is 284 g/mol. The molecule has 1 atom stereocenters. The fraction of sp³-hybridized carbons (Fsp3) is 0.308. The number of halogens is 3. The summed E-state index contributed by atoms with van der Waals surface area (Å²) in [5.74, 6) is 1.37. The number of aryl methyl sites for hydroxylation is 1. The van der Waals surface area contributed by atoms with Crippen LogP contribution in [0.5, 0.6) is 0 Å². The smallest absolute Gasteiger partial charge is 0.399 e. The lowest BCUT2D eigenvalue weighted by molar-refractivity contribution is -0.137. The molecule has 1 unspecified atom stereocenters. The molecule has 2 rings (SSSR count). The molecule has 20 heavy (non-hydrogen) atoms. The van der Waals surface area contributed by atoms with Gasteiger partial charge in [-0.2, -0.15) is 13.2 Å². The predicted molar refractivity (Wildman–Crippen MR) is 71.2 cm³/mol. The van der Waals surface area contributed by atoms with Crippen LogP contribution in [0.4, 0.5) is 24.7 Å². The highest BCUT2D eigenvalue weighted by atomic mass is 19.4. The minimum absolute atomic E-state index is 0.0873. The minimum atomic E-state index is -4.41. The van der Waals surface area contributed by atoms with Gasteiger partial charge in [0, 0.05) is 5.69 Å². The predicted octanol–water partition coefficient (Wildman–Crippen LogP) is 3.49. The zero-order chi connectivity index (χ0) is 14.9. The van der Waals surface area contributed by atoms with E-state index in [1.54, 1.807) is 20.0 Å². The van der Waals surface area contributed by atoms with Crippen molar-refractivity contribution in [3.63, 3.8) is 0 Å². The second-order valence-electron chi connectivity index (χ2n) is 4.63. The summed E-state index contributed by atoms with van der Waals surface area (Å²) < 4.78 is 38.2. The molecule has 0 saturated heterocycles. The van der Waals surface area contributed by atoms with Gasteiger partial charge in [0.05, 0.1) is 17.8 Å². The molecule has 4 nitrogen and oxygen atoms in total. The van der Waals surface area contributed by atoms with Crippen molar-refractivity contribution in [1.29, 1.82) is 0 Å². The first kappa shape index (κ1) is 14.2. The molecule has 0 aliphatic carbocycles. The molecule has 108 valence electrons. The van der Waals surface area contributed by atoms with Crippen LogP contribution in [0.2, 0.25) is 0 Å². The molecule has 0 radical (unpaired) electrons. The number of H-pyrrole nitrogens is 1. The molecule has 1 heterocycles. The SMILES string of the molecule is Cc1ncc(NC(C)c2cc(N)cc(C(F)(F)F)c2)[nH]1. The van der Waals surface area contributed by atoms with Gasteiger partial charge >= 0.3 is 6.18 Å². The minimum Gasteiger partial charge on any atom is -0.399 e. The molecule has 7 heteroatoms. The highest BCUT2D eigenvalue weighted by Gasteiger charge is 2.31. The number of alkyl halides is 3. The van der Waals surface area contributed by atoms with E-state index in [1.165, 1.54) is 6.07 Å². The van der Waals surface area contributed by atoms with Crippen molar-refractivity contribution >= 4 is 11.5 Å². The van der Waals surface area contributed by atoms with E-state index in [1.807, 2.05) is 0 Å². The third-order valence-electron chi connectivity index (χ3n) is 2.88. The van der Waals surface area contributed by atoms with Crippen LogP contribution < -0.4 is 11.1 Å². The molecule has 0 saturated carbocycles. The van der Waals surface area contributed by atoms with Gasteiger partial charge in [-0.05, 0) is 37.6 Å². The zero-order valence-corrected chi connectivity index (χ0v) is 11.0. The Hall–Kier alpha value is -2.18. The van der Waals surface area contributed by atoms with Gasteiger partial charge in [-0.25, -0.2) is 4.98 Å². The van der Waals surface area contributed by atoms with Crippen molar-refractivity contribution in [3.05, 3.63) is 41.3 Å². The largest absolute Gasteiger partial charge is 0.416 e. The number of nitrogens with one attached hydrogen (secondary N) is 2. The Kier molecular flexibility index (Phi) is 3.61. The van der Waals surface area contributed by atoms with Gasteiger partial charge < -0.3 is 16.0 Å². The Morgan fingerprint density at radius 1 is 1.30 bits per heavy atom. The maximum Gasteiger partial charge on any atom is 0.416 e. The molecule has 4 N–H and O–H groups in total. The lowest BCUT2D eigenvalue weighted by atomic mass is 10.0. The average Bonchev–Trinajstić information content (AvgIpc) is 2.72. The van der Waals surface area contributed by atoms with Crippen LogP contribution in [-0.4, -0.2) is 9.97 Å². The Morgan fingerprint density at radius 2 is 2.00 bits per heavy atom. The van der Waals surface area contributed by atoms with E-state index >= 15 is 0 Å². The Labute approximate surface area is 114 Å². The van der Waals surface area contributed by atoms with Crippen LogP contribution in [0, 0.1) is 6.92 Å². The van der Waals surface area contributed by atoms with Gasteiger partial charge in [-0.3, -0.25) is 0 Å². The molecule has 0 aliphatic rings. The van der Waals surface area contributed by atoms with Crippen LogP contribution in [0.1, 0.15) is 29.9 Å². The molecule has 1 aromatic heterocycles. The molecule has 0 fully saturated rings. The summed E-state index contributed by atoms with van der Waals surface area (Å²) in [5.41, 5.74) is 5.35. The van der Waals surface area contributed by atoms with E-state index in [9.17, 15) is 13.2 Å². The number of hydrogen-bond acceptors (Lipinski definition) is 3. The molecule has 0 aliphatic heterocycles. The quantitative estimate of drug-likeness (QED) is 0.756. The number of aromatic nitrogens is 2. The number of aromatic amines is 1. The molecule has 0 bridgehead atoms. The highest BCUT2D eigenvalue weighted by Crippen LogP contribution is 2.33. The lowest BCUT2D eigenvalue weighted by Gasteiger charge is -2.17. The van der Waals surface area contributed by atoms with Gasteiger partial charge in [0.15, 0.2) is 0 Å². The van der Waals surface area contributed by atoms with Gasteiger partial charge in [0.25, 0.3) is 0 Å². The van der Waals surface area contributed by atoms with Crippen molar-refractivity contribution in [2.24, 2.45) is 0 Å². The maximum atomic E-state index is 12.7. The Balaban J connectivity index is 2.25. The van der Waals surface area contributed by atoms with Crippen LogP contribution in [-0.2, 0) is 6.18 Å². The number of imidazole rings is 1. The van der Waals surface area contributed by atoms with Crippen molar-refractivity contribution in [3.8, 4) is 0 Å². The van der Waals surface area contributed by atoms with E-state index in [0.717, 1.165) is 18.0 Å². The van der Waals surface area contributed by atoms with Gasteiger partial charge in [0.2, 0.25) is 0 Å². The topological polar surface area (TPSA) is 66.7 Å². The third-order valence-corrected chi connectivity index (χ3v) is 2.88. The Morgan fingerprint density at radius 3 is 2.55 bits per heavy atom. The van der Waals surface area contributed by atoms with E-state index < -0.39 is 11.7 Å². The number of benzene rings is 1. The first-order valence-electron chi connectivity index (χ1n) is 6.01. The summed E-state index contributed by atoms with van der Waals surface area (Å²) in [6.07, 6.45) is -2.82. The number of rotatable bonds is 3. The second kappa shape index (κ2) is 5.07. The Bertz CT molecular complexity index is 604. The van der Waals surface area contributed by atoms with Crippen LogP contribution >= 0.6 is 0 Å². The number of hydrogen-bond donors (Lipinski definition) is 3. The number of nitrogens with zero attached hydrogens (tertiary/aromatic N) is 1. The standard InChI is InChI=1S/C13H15F3N4/c1-7(19-12-6-18-8(2)20-12)9-3-10(13(14,15)16)5-11(17)4-9/h3-7,19H,17H2,1-2H3,(H,18,20). The monoisotopic (exact) mass is 284 g/mol. The van der Waals surface area contributed by atoms with Gasteiger partial charge in [-0.15, -0.1) is 0 Å². The summed E-state index contributed by atoms with van der Waals surface area (Å²) in [5, 5.41) is 3.04. The summed E-state index contributed by atoms with van der Waals surface area (Å²) in [6, 6.07) is 3.21. The summed E-state index contributed by atoms with van der Waals surface area (Å²) in [6.45, 7) is 3.54. The van der Waals surface area contributed by atoms with Crippen molar-refractivity contribution < 1.29 is 13.2 Å². The summed E-state index contributed by atoms with van der Waals surface area (Å²) >= 11 is 0. The van der Waals surface area contributed by atoms with Crippen LogP contribution in [0.3, 0.4) is 0 Å². The van der Waals surface area contributed by atoms with E-state index in [2.05, 4.69) is 15.3 Å². The first-order valence-corrected chi connectivity index (χ1v) is 6.01. The maximum absolute atomic E-state index is 12.7. The van der Waals surface area contributed by atoms with Gasteiger partial charge in [-0.1, -0.05) is 0 Å². The fourth-order valence-electron chi connectivity index (χ4n) is 1.90. The molecular weight excluding hydrogens is 269 g/mol. The van der Waals surface area contributed by atoms with E-state index in [4.69, 9.17) is 5.73 Å². The van der Waals surface area contributed by atoms with E-state index in [-0.39, 0.29) is 11.7 Å². The van der Waals surface area contributed by atoms with Crippen LogP contribution in [0.25, 0.3) is 0 Å². The number of nitrogen functional groups attached to an aromatic ring is 1. The number of anilines is 2. The molecule has 0 amide bonds.